The quantitative estimate of drug-likeness (QED) is 0.772. The average molecular weight is 298 g/mol. The third kappa shape index (κ3) is 3.08. The normalized spacial score (nSPS) is 18.4. The van der Waals surface area contributed by atoms with Crippen LogP contribution >= 0.6 is 0 Å². The van der Waals surface area contributed by atoms with Crippen molar-refractivity contribution in [1.29, 1.82) is 0 Å². The number of β-lactam (4-membered cyclic amide) rings is 1. The molecule has 0 aromatic heterocycles. The van der Waals surface area contributed by atoms with Gasteiger partial charge in [-0.1, -0.05) is 0 Å². The number of amides is 2. The Kier molecular flexibility index (Phi) is 3.67. The number of sulfone groups is 1. The van der Waals surface area contributed by atoms with Gasteiger partial charge in [-0.05, 0) is 24.3 Å². The van der Waals surface area contributed by atoms with Crippen LogP contribution in [-0.4, -0.2) is 44.1 Å². The molecule has 1 aliphatic rings. The Hall–Kier alpha value is -2.09. The fourth-order valence-electron chi connectivity index (χ4n) is 1.70. The lowest BCUT2D eigenvalue weighted by molar-refractivity contribution is -0.162. The minimum Gasteiger partial charge on any atom is -0.479 e. The molecule has 108 valence electrons. The van der Waals surface area contributed by atoms with Crippen LogP contribution in [0.15, 0.2) is 29.2 Å². The second kappa shape index (κ2) is 5.12. The number of hydrogen-bond donors (Lipinski definition) is 1. The summed E-state index contributed by atoms with van der Waals surface area (Å²) in [6, 6.07) is 5.81. The molecule has 1 fully saturated rings. The van der Waals surface area contributed by atoms with Crippen molar-refractivity contribution in [2.24, 2.45) is 0 Å². The van der Waals surface area contributed by atoms with Crippen molar-refractivity contribution in [1.82, 2.24) is 10.4 Å². The molecule has 7 nitrogen and oxygen atoms in total. The maximum atomic E-state index is 11.6. The molecule has 2 rings (SSSR count). The molecule has 1 aliphatic heterocycles. The summed E-state index contributed by atoms with van der Waals surface area (Å²) in [6.07, 6.45) is 0.454. The summed E-state index contributed by atoms with van der Waals surface area (Å²) >= 11 is 0. The van der Waals surface area contributed by atoms with E-state index in [0.29, 0.717) is 5.75 Å². The lowest BCUT2D eigenvalue weighted by Crippen LogP contribution is -2.65. The molecule has 2 amide bonds. The fourth-order valence-corrected chi connectivity index (χ4v) is 2.33. The van der Waals surface area contributed by atoms with Gasteiger partial charge in [0.2, 0.25) is 5.91 Å². The van der Waals surface area contributed by atoms with E-state index in [1.807, 2.05) is 0 Å². The van der Waals surface area contributed by atoms with Gasteiger partial charge in [-0.2, -0.15) is 0 Å². The van der Waals surface area contributed by atoms with E-state index in [4.69, 9.17) is 4.74 Å². The molecule has 1 saturated heterocycles. The highest BCUT2D eigenvalue weighted by Crippen LogP contribution is 2.20. The zero-order chi connectivity index (χ0) is 14.9. The number of carbonyl (C=O) groups excluding carboxylic acids is 2. The van der Waals surface area contributed by atoms with Gasteiger partial charge in [0.25, 0.3) is 5.91 Å². The monoisotopic (exact) mass is 298 g/mol. The Morgan fingerprint density at radius 3 is 2.40 bits per heavy atom. The maximum Gasteiger partial charge on any atom is 0.284 e. The highest BCUT2D eigenvalue weighted by atomic mass is 32.2. The van der Waals surface area contributed by atoms with E-state index in [9.17, 15) is 18.0 Å². The molecule has 1 aromatic carbocycles. The van der Waals surface area contributed by atoms with Gasteiger partial charge in [0.05, 0.1) is 11.4 Å². The van der Waals surface area contributed by atoms with Gasteiger partial charge < -0.3 is 4.74 Å². The van der Waals surface area contributed by atoms with Gasteiger partial charge in [0.15, 0.2) is 15.9 Å². The summed E-state index contributed by atoms with van der Waals surface area (Å²) in [6.45, 7) is 1.57. The van der Waals surface area contributed by atoms with E-state index in [2.05, 4.69) is 5.43 Å². The van der Waals surface area contributed by atoms with Gasteiger partial charge in [-0.15, -0.1) is 0 Å². The second-order valence-electron chi connectivity index (χ2n) is 4.47. The number of rotatable bonds is 4. The van der Waals surface area contributed by atoms with E-state index >= 15 is 0 Å². The number of hydrazine groups is 1. The van der Waals surface area contributed by atoms with Crippen molar-refractivity contribution < 1.29 is 22.7 Å². The van der Waals surface area contributed by atoms with E-state index in [1.54, 1.807) is 0 Å². The minimum atomic E-state index is -3.25. The Morgan fingerprint density at radius 2 is 1.95 bits per heavy atom. The van der Waals surface area contributed by atoms with Crippen LogP contribution in [-0.2, 0) is 19.4 Å². The Labute approximate surface area is 116 Å². The highest BCUT2D eigenvalue weighted by Gasteiger charge is 2.39. The van der Waals surface area contributed by atoms with Crippen LogP contribution in [0.5, 0.6) is 5.75 Å². The summed E-state index contributed by atoms with van der Waals surface area (Å²) in [5, 5.41) is 1.16. The van der Waals surface area contributed by atoms with Crippen molar-refractivity contribution in [3.63, 3.8) is 0 Å². The fraction of sp³-hybridized carbons (Fsp3) is 0.333. The molecule has 1 heterocycles. The molecule has 1 N–H and O–H groups in total. The van der Waals surface area contributed by atoms with Crippen molar-refractivity contribution in [2.45, 2.75) is 17.9 Å². The standard InChI is InChI=1S/C12H14N2O5S/c1-8(15)13-14-7-11(12(14)16)19-9-3-5-10(6-4-9)20(2,17)18/h3-6,11H,7H2,1-2H3,(H,13,15). The zero-order valence-corrected chi connectivity index (χ0v) is 11.8. The van der Waals surface area contributed by atoms with Crippen molar-refractivity contribution in [2.75, 3.05) is 12.8 Å². The predicted molar refractivity (Wildman–Crippen MR) is 69.5 cm³/mol. The number of benzene rings is 1. The molecule has 0 radical (unpaired) electrons. The summed E-state index contributed by atoms with van der Waals surface area (Å²) in [7, 11) is -3.25. The molecule has 0 bridgehead atoms. The summed E-state index contributed by atoms with van der Waals surface area (Å²) in [5.41, 5.74) is 2.36. The van der Waals surface area contributed by atoms with Gasteiger partial charge >= 0.3 is 0 Å². The third-order valence-corrected chi connectivity index (χ3v) is 3.84. The summed E-state index contributed by atoms with van der Waals surface area (Å²) < 4.78 is 28.0. The lowest BCUT2D eigenvalue weighted by atomic mass is 10.2. The van der Waals surface area contributed by atoms with Crippen LogP contribution < -0.4 is 10.2 Å². The second-order valence-corrected chi connectivity index (χ2v) is 6.48. The SMILES string of the molecule is CC(=O)NN1CC(Oc2ccc(S(C)(=O)=O)cc2)C1=O. The largest absolute Gasteiger partial charge is 0.479 e. The van der Waals surface area contributed by atoms with Gasteiger partial charge in [-0.3, -0.25) is 15.0 Å². The van der Waals surface area contributed by atoms with Gasteiger partial charge in [0.1, 0.15) is 5.75 Å². The molecule has 0 saturated carbocycles. The third-order valence-electron chi connectivity index (χ3n) is 2.71. The first-order chi connectivity index (χ1) is 9.27. The number of hydrogen-bond acceptors (Lipinski definition) is 5. The van der Waals surface area contributed by atoms with Gasteiger partial charge in [0, 0.05) is 13.2 Å². The molecule has 0 aliphatic carbocycles. The molecular formula is C12H14N2O5S. The minimum absolute atomic E-state index is 0.185. The Morgan fingerprint density at radius 1 is 1.35 bits per heavy atom. The molecule has 20 heavy (non-hydrogen) atoms. The predicted octanol–water partition coefficient (Wildman–Crippen LogP) is -0.269. The molecular weight excluding hydrogens is 284 g/mol. The topological polar surface area (TPSA) is 92.8 Å². The van der Waals surface area contributed by atoms with E-state index in [-0.39, 0.29) is 23.3 Å². The number of nitrogens with zero attached hydrogens (tertiary/aromatic N) is 1. The van der Waals surface area contributed by atoms with Crippen LogP contribution in [0.1, 0.15) is 6.92 Å². The molecule has 1 atom stereocenters. The summed E-state index contributed by atoms with van der Waals surface area (Å²) in [4.78, 5) is 22.6. The lowest BCUT2D eigenvalue weighted by Gasteiger charge is -2.37. The van der Waals surface area contributed by atoms with Crippen LogP contribution in [0.2, 0.25) is 0 Å². The smallest absolute Gasteiger partial charge is 0.284 e. The first kappa shape index (κ1) is 14.3. The first-order valence-electron chi connectivity index (χ1n) is 5.83. The number of nitrogens with one attached hydrogen (secondary N) is 1. The molecule has 8 heteroatoms. The molecule has 0 spiro atoms. The van der Waals surface area contributed by atoms with E-state index < -0.39 is 15.9 Å². The van der Waals surface area contributed by atoms with Crippen LogP contribution in [0, 0.1) is 0 Å². The van der Waals surface area contributed by atoms with Crippen molar-refractivity contribution in [3.8, 4) is 5.75 Å². The first-order valence-corrected chi connectivity index (χ1v) is 7.72. The van der Waals surface area contributed by atoms with Crippen molar-refractivity contribution >= 4 is 21.7 Å². The average Bonchev–Trinajstić information content (AvgIpc) is 2.36. The van der Waals surface area contributed by atoms with Crippen molar-refractivity contribution in [3.05, 3.63) is 24.3 Å². The number of carbonyl (C=O) groups is 2. The Bertz CT molecular complexity index is 638. The maximum absolute atomic E-state index is 11.6. The van der Waals surface area contributed by atoms with E-state index in [0.717, 1.165) is 11.3 Å². The molecule has 1 aromatic rings. The van der Waals surface area contributed by atoms with Crippen LogP contribution in [0.4, 0.5) is 0 Å². The van der Waals surface area contributed by atoms with Gasteiger partial charge in [-0.25, -0.2) is 13.4 Å². The number of ether oxygens (including phenoxy) is 1. The Balaban J connectivity index is 1.96. The zero-order valence-electron chi connectivity index (χ0n) is 11.0. The molecule has 1 unspecified atom stereocenters. The highest BCUT2D eigenvalue weighted by molar-refractivity contribution is 7.90. The summed E-state index contributed by atoms with van der Waals surface area (Å²) in [5.74, 6) is -0.264. The van der Waals surface area contributed by atoms with E-state index in [1.165, 1.54) is 31.2 Å². The van der Waals surface area contributed by atoms with Crippen LogP contribution in [0.3, 0.4) is 0 Å². The van der Waals surface area contributed by atoms with Crippen LogP contribution in [0.25, 0.3) is 0 Å².